The Kier molecular flexibility index (Phi) is 6.87. The fraction of sp³-hybridized carbons (Fsp3) is 0.263. The Labute approximate surface area is 163 Å². The van der Waals surface area contributed by atoms with E-state index in [0.29, 0.717) is 0 Å². The molecule has 0 aliphatic heterocycles. The monoisotopic (exact) mass is 407 g/mol. The van der Waals surface area contributed by atoms with E-state index in [-0.39, 0.29) is 17.1 Å². The lowest BCUT2D eigenvalue weighted by molar-refractivity contribution is -0.133. The molecule has 1 N–H and O–H groups in total. The molecular formula is C19H22FN3O4S. The average molecular weight is 407 g/mol. The average Bonchev–Trinajstić information content (AvgIpc) is 2.61. The number of hydrogen-bond donors (Lipinski definition) is 1. The number of nitrogens with zero attached hydrogens (tertiary/aromatic N) is 2. The van der Waals surface area contributed by atoms with Gasteiger partial charge in [0.1, 0.15) is 5.82 Å². The summed E-state index contributed by atoms with van der Waals surface area (Å²) < 4.78 is 39.2. The van der Waals surface area contributed by atoms with Crippen molar-refractivity contribution in [2.75, 3.05) is 32.5 Å². The summed E-state index contributed by atoms with van der Waals surface area (Å²) in [5.41, 5.74) is 1.19. The maximum Gasteiger partial charge on any atom is 0.243 e. The molecule has 0 fully saturated rings. The van der Waals surface area contributed by atoms with Crippen LogP contribution in [-0.4, -0.2) is 56.6 Å². The number of amides is 2. The largest absolute Gasteiger partial charge is 0.335 e. The van der Waals surface area contributed by atoms with Crippen LogP contribution in [0.3, 0.4) is 0 Å². The molecule has 28 heavy (non-hydrogen) atoms. The van der Waals surface area contributed by atoms with Gasteiger partial charge >= 0.3 is 0 Å². The lowest BCUT2D eigenvalue weighted by Crippen LogP contribution is -2.42. The first-order valence-corrected chi connectivity index (χ1v) is 9.86. The standard InChI is InChI=1S/C19H22FN3O4S/c1-14-7-9-17(10-8-14)28(26,27)23(3)13-19(25)22(2)12-18(24)21-16-6-4-5-15(20)11-16/h4-11H,12-13H2,1-3H3,(H,21,24). The summed E-state index contributed by atoms with van der Waals surface area (Å²) in [5, 5.41) is 2.48. The van der Waals surface area contributed by atoms with Gasteiger partial charge in [-0.25, -0.2) is 12.8 Å². The van der Waals surface area contributed by atoms with Crippen molar-refractivity contribution in [2.24, 2.45) is 0 Å². The van der Waals surface area contributed by atoms with Crippen molar-refractivity contribution in [3.8, 4) is 0 Å². The maximum absolute atomic E-state index is 13.1. The van der Waals surface area contributed by atoms with E-state index in [9.17, 15) is 22.4 Å². The van der Waals surface area contributed by atoms with Crippen molar-refractivity contribution >= 4 is 27.5 Å². The summed E-state index contributed by atoms with van der Waals surface area (Å²) in [6.07, 6.45) is 0. The van der Waals surface area contributed by atoms with E-state index in [0.717, 1.165) is 20.8 Å². The van der Waals surface area contributed by atoms with Crippen LogP contribution in [0, 0.1) is 12.7 Å². The first-order valence-electron chi connectivity index (χ1n) is 8.42. The molecule has 0 unspecified atom stereocenters. The Hall–Kier alpha value is -2.78. The minimum absolute atomic E-state index is 0.0832. The van der Waals surface area contributed by atoms with Gasteiger partial charge in [-0.2, -0.15) is 4.31 Å². The second kappa shape index (κ2) is 8.94. The van der Waals surface area contributed by atoms with Crippen LogP contribution in [0.15, 0.2) is 53.4 Å². The number of carbonyl (C=O) groups excluding carboxylic acids is 2. The highest BCUT2D eigenvalue weighted by atomic mass is 32.2. The van der Waals surface area contributed by atoms with Gasteiger partial charge in [0.2, 0.25) is 21.8 Å². The van der Waals surface area contributed by atoms with Gasteiger partial charge in [-0.15, -0.1) is 0 Å². The second-order valence-electron chi connectivity index (χ2n) is 6.38. The van der Waals surface area contributed by atoms with Crippen LogP contribution in [-0.2, 0) is 19.6 Å². The molecule has 0 heterocycles. The Morgan fingerprint density at radius 1 is 1.04 bits per heavy atom. The molecule has 2 amide bonds. The van der Waals surface area contributed by atoms with E-state index >= 15 is 0 Å². The molecule has 0 bridgehead atoms. The minimum Gasteiger partial charge on any atom is -0.335 e. The van der Waals surface area contributed by atoms with Gasteiger partial charge < -0.3 is 10.2 Å². The summed E-state index contributed by atoms with van der Waals surface area (Å²) in [6.45, 7) is 1.13. The van der Waals surface area contributed by atoms with Crippen molar-refractivity contribution in [3.63, 3.8) is 0 Å². The molecule has 0 saturated carbocycles. The fourth-order valence-electron chi connectivity index (χ4n) is 2.36. The fourth-order valence-corrected chi connectivity index (χ4v) is 3.48. The van der Waals surface area contributed by atoms with Crippen molar-refractivity contribution in [1.29, 1.82) is 0 Å². The van der Waals surface area contributed by atoms with E-state index in [2.05, 4.69) is 5.32 Å². The topological polar surface area (TPSA) is 86.8 Å². The minimum atomic E-state index is -3.82. The molecule has 0 radical (unpaired) electrons. The van der Waals surface area contributed by atoms with Gasteiger partial charge in [-0.1, -0.05) is 23.8 Å². The third-order valence-electron chi connectivity index (χ3n) is 4.00. The van der Waals surface area contributed by atoms with Gasteiger partial charge in [0, 0.05) is 19.8 Å². The van der Waals surface area contributed by atoms with Crippen molar-refractivity contribution in [2.45, 2.75) is 11.8 Å². The van der Waals surface area contributed by atoms with Gasteiger partial charge in [-0.3, -0.25) is 9.59 Å². The summed E-state index contributed by atoms with van der Waals surface area (Å²) >= 11 is 0. The van der Waals surface area contributed by atoms with E-state index in [1.807, 2.05) is 6.92 Å². The predicted octanol–water partition coefficient (Wildman–Crippen LogP) is 1.85. The van der Waals surface area contributed by atoms with E-state index in [4.69, 9.17) is 0 Å². The van der Waals surface area contributed by atoms with Crippen LogP contribution in [0.25, 0.3) is 0 Å². The number of rotatable bonds is 7. The van der Waals surface area contributed by atoms with Gasteiger partial charge in [0.25, 0.3) is 0 Å². The molecule has 2 aromatic rings. The molecule has 0 spiro atoms. The van der Waals surface area contributed by atoms with Crippen LogP contribution in [0.2, 0.25) is 0 Å². The molecule has 9 heteroatoms. The second-order valence-corrected chi connectivity index (χ2v) is 8.43. The molecule has 7 nitrogen and oxygen atoms in total. The van der Waals surface area contributed by atoms with Crippen molar-refractivity contribution in [1.82, 2.24) is 9.21 Å². The highest BCUT2D eigenvalue weighted by Crippen LogP contribution is 2.15. The van der Waals surface area contributed by atoms with Crippen LogP contribution in [0.1, 0.15) is 5.56 Å². The molecule has 0 aliphatic rings. The lowest BCUT2D eigenvalue weighted by Gasteiger charge is -2.21. The Morgan fingerprint density at radius 3 is 2.29 bits per heavy atom. The number of halogens is 1. The third kappa shape index (κ3) is 5.61. The number of nitrogens with one attached hydrogen (secondary N) is 1. The van der Waals surface area contributed by atoms with Crippen molar-refractivity contribution < 1.29 is 22.4 Å². The first kappa shape index (κ1) is 21.5. The first-order chi connectivity index (χ1) is 13.1. The van der Waals surface area contributed by atoms with Crippen LogP contribution in [0.4, 0.5) is 10.1 Å². The molecule has 2 rings (SSSR count). The van der Waals surface area contributed by atoms with Gasteiger partial charge in [0.05, 0.1) is 18.0 Å². The number of likely N-dealkylation sites (N-methyl/N-ethyl adjacent to an activating group) is 2. The van der Waals surface area contributed by atoms with Crippen LogP contribution >= 0.6 is 0 Å². The summed E-state index contributed by atoms with van der Waals surface area (Å²) in [5.74, 6) is -1.57. The Morgan fingerprint density at radius 2 is 1.68 bits per heavy atom. The molecule has 0 atom stereocenters. The van der Waals surface area contributed by atoms with Crippen LogP contribution < -0.4 is 5.32 Å². The highest BCUT2D eigenvalue weighted by molar-refractivity contribution is 7.89. The Bertz CT molecular complexity index is 961. The van der Waals surface area contributed by atoms with Crippen molar-refractivity contribution in [3.05, 3.63) is 59.9 Å². The number of benzene rings is 2. The molecule has 0 aliphatic carbocycles. The number of hydrogen-bond acceptors (Lipinski definition) is 4. The molecular weight excluding hydrogens is 385 g/mol. The SMILES string of the molecule is Cc1ccc(S(=O)(=O)N(C)CC(=O)N(C)CC(=O)Nc2cccc(F)c2)cc1. The maximum atomic E-state index is 13.1. The van der Waals surface area contributed by atoms with Crippen LogP contribution in [0.5, 0.6) is 0 Å². The van der Waals surface area contributed by atoms with Gasteiger partial charge in [-0.05, 0) is 37.3 Å². The zero-order chi connectivity index (χ0) is 20.9. The molecule has 150 valence electrons. The van der Waals surface area contributed by atoms with E-state index < -0.39 is 34.2 Å². The summed E-state index contributed by atoms with van der Waals surface area (Å²) in [6, 6.07) is 11.7. The van der Waals surface area contributed by atoms with Gasteiger partial charge in [0.15, 0.2) is 0 Å². The number of anilines is 1. The van der Waals surface area contributed by atoms with E-state index in [1.165, 1.54) is 44.4 Å². The molecule has 0 aromatic heterocycles. The zero-order valence-electron chi connectivity index (χ0n) is 15.8. The predicted molar refractivity (Wildman–Crippen MR) is 104 cm³/mol. The number of sulfonamides is 1. The summed E-state index contributed by atoms with van der Waals surface area (Å²) in [4.78, 5) is 25.5. The molecule has 0 saturated heterocycles. The highest BCUT2D eigenvalue weighted by Gasteiger charge is 2.24. The Balaban J connectivity index is 1.95. The van der Waals surface area contributed by atoms with E-state index in [1.54, 1.807) is 12.1 Å². The zero-order valence-corrected chi connectivity index (χ0v) is 16.7. The smallest absolute Gasteiger partial charge is 0.243 e. The number of aryl methyl sites for hydroxylation is 1. The lowest BCUT2D eigenvalue weighted by atomic mass is 10.2. The third-order valence-corrected chi connectivity index (χ3v) is 5.82. The quantitative estimate of drug-likeness (QED) is 0.759. The molecule has 2 aromatic carbocycles. The normalized spacial score (nSPS) is 11.3. The summed E-state index contributed by atoms with van der Waals surface area (Å²) in [7, 11) is -1.13. The number of carbonyl (C=O) groups is 2.